The van der Waals surface area contributed by atoms with Gasteiger partial charge in [-0.2, -0.15) is 0 Å². The van der Waals surface area contributed by atoms with Gasteiger partial charge in [-0.15, -0.1) is 0 Å². The third kappa shape index (κ3) is 4.86. The van der Waals surface area contributed by atoms with E-state index in [1.807, 2.05) is 0 Å². The van der Waals surface area contributed by atoms with Crippen molar-refractivity contribution in [3.63, 3.8) is 0 Å². The van der Waals surface area contributed by atoms with Crippen LogP contribution in [0.25, 0.3) is 0 Å². The van der Waals surface area contributed by atoms with Crippen LogP contribution < -0.4 is 20.1 Å². The number of benzene rings is 3. The first kappa shape index (κ1) is 20.2. The molecule has 0 saturated heterocycles. The molecule has 0 fully saturated rings. The van der Waals surface area contributed by atoms with Crippen molar-refractivity contribution in [3.05, 3.63) is 82.9 Å². The van der Waals surface area contributed by atoms with E-state index >= 15 is 0 Å². The van der Waals surface area contributed by atoms with Crippen LogP contribution in [0.5, 0.6) is 11.5 Å². The van der Waals surface area contributed by atoms with E-state index in [1.54, 1.807) is 66.7 Å². The Morgan fingerprint density at radius 1 is 0.759 bits per heavy atom. The lowest BCUT2D eigenvalue weighted by Gasteiger charge is -2.13. The van der Waals surface area contributed by atoms with Crippen molar-refractivity contribution in [2.75, 3.05) is 24.9 Å². The number of rotatable bonds is 6. The molecule has 0 aromatic heterocycles. The molecule has 3 aromatic rings. The summed E-state index contributed by atoms with van der Waals surface area (Å²) in [6, 6.07) is 18.5. The molecule has 7 heteroatoms. The summed E-state index contributed by atoms with van der Waals surface area (Å²) in [4.78, 5) is 25.5. The van der Waals surface area contributed by atoms with Crippen molar-refractivity contribution in [1.82, 2.24) is 0 Å². The van der Waals surface area contributed by atoms with E-state index in [9.17, 15) is 9.59 Å². The van der Waals surface area contributed by atoms with Crippen molar-refractivity contribution < 1.29 is 19.1 Å². The maximum Gasteiger partial charge on any atom is 0.257 e. The first-order valence-corrected chi connectivity index (χ1v) is 9.09. The molecule has 148 valence electrons. The van der Waals surface area contributed by atoms with E-state index < -0.39 is 11.8 Å². The summed E-state index contributed by atoms with van der Waals surface area (Å²) in [6.45, 7) is 0. The summed E-state index contributed by atoms with van der Waals surface area (Å²) in [5, 5.41) is 5.94. The summed E-state index contributed by atoms with van der Waals surface area (Å²) in [7, 11) is 3.01. The predicted molar refractivity (Wildman–Crippen MR) is 113 cm³/mol. The summed E-state index contributed by atoms with van der Waals surface area (Å²) >= 11 is 6.11. The zero-order valence-electron chi connectivity index (χ0n) is 15.9. The van der Waals surface area contributed by atoms with Gasteiger partial charge in [-0.1, -0.05) is 35.9 Å². The van der Waals surface area contributed by atoms with Gasteiger partial charge in [0.15, 0.2) is 0 Å². The number of methoxy groups -OCH3 is 2. The third-order valence-electron chi connectivity index (χ3n) is 4.16. The zero-order chi connectivity index (χ0) is 20.8. The van der Waals surface area contributed by atoms with Crippen LogP contribution in [0.3, 0.4) is 0 Å². The van der Waals surface area contributed by atoms with Crippen molar-refractivity contribution in [2.45, 2.75) is 0 Å². The fourth-order valence-electron chi connectivity index (χ4n) is 2.68. The van der Waals surface area contributed by atoms with Crippen LogP contribution in [0.4, 0.5) is 11.4 Å². The summed E-state index contributed by atoms with van der Waals surface area (Å²) in [5.41, 5.74) is 1.49. The number of para-hydroxylation sites is 2. The van der Waals surface area contributed by atoms with Crippen molar-refractivity contribution in [2.24, 2.45) is 0 Å². The molecule has 3 rings (SSSR count). The molecule has 6 nitrogen and oxygen atoms in total. The number of carbonyl (C=O) groups is 2. The van der Waals surface area contributed by atoms with Gasteiger partial charge in [0.25, 0.3) is 11.8 Å². The Labute approximate surface area is 173 Å². The lowest BCUT2D eigenvalue weighted by molar-refractivity contribution is 0.102. The lowest BCUT2D eigenvalue weighted by Crippen LogP contribution is -2.18. The Bertz CT molecular complexity index is 1030. The van der Waals surface area contributed by atoms with Crippen LogP contribution in [0, 0.1) is 0 Å². The van der Waals surface area contributed by atoms with Gasteiger partial charge < -0.3 is 20.1 Å². The van der Waals surface area contributed by atoms with Crippen molar-refractivity contribution in [1.29, 1.82) is 0 Å². The average molecular weight is 411 g/mol. The highest BCUT2D eigenvalue weighted by Crippen LogP contribution is 2.25. The molecule has 0 saturated carbocycles. The van der Waals surface area contributed by atoms with Crippen LogP contribution in [0.1, 0.15) is 20.7 Å². The minimum absolute atomic E-state index is 0.302. The first-order valence-electron chi connectivity index (χ1n) is 8.71. The molecule has 0 atom stereocenters. The molecular formula is C22H19ClN2O4. The highest BCUT2D eigenvalue weighted by atomic mass is 35.5. The van der Waals surface area contributed by atoms with E-state index in [4.69, 9.17) is 21.1 Å². The minimum atomic E-state index is -0.403. The van der Waals surface area contributed by atoms with Crippen LogP contribution in [-0.2, 0) is 0 Å². The van der Waals surface area contributed by atoms with Gasteiger partial charge >= 0.3 is 0 Å². The van der Waals surface area contributed by atoms with E-state index in [-0.39, 0.29) is 0 Å². The highest BCUT2D eigenvalue weighted by molar-refractivity contribution is 6.34. The fraction of sp³-hybridized carbons (Fsp3) is 0.0909. The van der Waals surface area contributed by atoms with E-state index in [2.05, 4.69) is 10.6 Å². The molecule has 0 spiro atoms. The van der Waals surface area contributed by atoms with Crippen LogP contribution in [0.15, 0.2) is 66.7 Å². The average Bonchev–Trinajstić information content (AvgIpc) is 2.75. The van der Waals surface area contributed by atoms with Gasteiger partial charge in [0.1, 0.15) is 11.5 Å². The van der Waals surface area contributed by atoms with Gasteiger partial charge in [0, 0.05) is 11.6 Å². The topological polar surface area (TPSA) is 76.7 Å². The maximum atomic E-state index is 12.8. The number of carbonyl (C=O) groups excluding carboxylic acids is 2. The molecule has 0 radical (unpaired) electrons. The van der Waals surface area contributed by atoms with Gasteiger partial charge in [-0.3, -0.25) is 9.59 Å². The lowest BCUT2D eigenvalue weighted by atomic mass is 10.1. The number of ether oxygens (including phenoxy) is 2. The SMILES string of the molecule is COc1cc(OC)cc(C(=O)Nc2ccccc2C(=O)Nc2ccccc2Cl)c1. The summed E-state index contributed by atoms with van der Waals surface area (Å²) in [6.07, 6.45) is 0. The van der Waals surface area contributed by atoms with Crippen molar-refractivity contribution >= 4 is 34.8 Å². The molecule has 0 unspecified atom stereocenters. The standard InChI is InChI=1S/C22H19ClN2O4/c1-28-15-11-14(12-16(13-15)29-2)21(26)24-19-9-5-3-7-17(19)22(27)25-20-10-6-4-8-18(20)23/h3-13H,1-2H3,(H,24,26)(H,25,27). The molecule has 2 amide bonds. The number of amides is 2. The monoisotopic (exact) mass is 410 g/mol. The third-order valence-corrected chi connectivity index (χ3v) is 4.49. The first-order chi connectivity index (χ1) is 14.0. The summed E-state index contributed by atoms with van der Waals surface area (Å²) < 4.78 is 10.4. The number of anilines is 2. The Hall–Kier alpha value is -3.51. The number of hydrogen-bond acceptors (Lipinski definition) is 4. The zero-order valence-corrected chi connectivity index (χ0v) is 16.6. The van der Waals surface area contributed by atoms with Crippen molar-refractivity contribution in [3.8, 4) is 11.5 Å². The molecule has 2 N–H and O–H groups in total. The fourth-order valence-corrected chi connectivity index (χ4v) is 2.86. The molecule has 3 aromatic carbocycles. The molecular weight excluding hydrogens is 392 g/mol. The number of halogens is 1. The molecule has 0 bridgehead atoms. The summed E-state index contributed by atoms with van der Waals surface area (Å²) in [5.74, 6) is 0.177. The highest BCUT2D eigenvalue weighted by Gasteiger charge is 2.16. The smallest absolute Gasteiger partial charge is 0.257 e. The molecule has 0 aliphatic rings. The minimum Gasteiger partial charge on any atom is -0.497 e. The Balaban J connectivity index is 1.85. The Morgan fingerprint density at radius 3 is 1.93 bits per heavy atom. The van der Waals surface area contributed by atoms with E-state index in [1.165, 1.54) is 14.2 Å². The second kappa shape index (κ2) is 9.12. The number of nitrogens with one attached hydrogen (secondary N) is 2. The quantitative estimate of drug-likeness (QED) is 0.608. The largest absolute Gasteiger partial charge is 0.497 e. The maximum absolute atomic E-state index is 12.8. The second-order valence-electron chi connectivity index (χ2n) is 6.04. The molecule has 0 aliphatic heterocycles. The molecule has 0 heterocycles. The van der Waals surface area contributed by atoms with Gasteiger partial charge in [0.05, 0.1) is 36.2 Å². The second-order valence-corrected chi connectivity index (χ2v) is 6.44. The molecule has 0 aliphatic carbocycles. The van der Waals surface area contributed by atoms with E-state index in [0.717, 1.165) is 0 Å². The van der Waals surface area contributed by atoms with E-state index in [0.29, 0.717) is 39.0 Å². The van der Waals surface area contributed by atoms with Crippen LogP contribution in [-0.4, -0.2) is 26.0 Å². The van der Waals surface area contributed by atoms with Crippen LogP contribution in [0.2, 0.25) is 5.02 Å². The normalized spacial score (nSPS) is 10.2. The van der Waals surface area contributed by atoms with Gasteiger partial charge in [-0.25, -0.2) is 0 Å². The predicted octanol–water partition coefficient (Wildman–Crippen LogP) is 4.86. The van der Waals surface area contributed by atoms with Crippen LogP contribution >= 0.6 is 11.6 Å². The Morgan fingerprint density at radius 2 is 1.31 bits per heavy atom. The number of hydrogen-bond donors (Lipinski definition) is 2. The Kier molecular flexibility index (Phi) is 6.36. The molecule has 29 heavy (non-hydrogen) atoms. The van der Waals surface area contributed by atoms with Gasteiger partial charge in [-0.05, 0) is 36.4 Å². The van der Waals surface area contributed by atoms with Gasteiger partial charge in [0.2, 0.25) is 0 Å².